The molecule has 28 heavy (non-hydrogen) atoms. The van der Waals surface area contributed by atoms with E-state index in [4.69, 9.17) is 10.5 Å². The molecule has 0 saturated carbocycles. The minimum atomic E-state index is -4.61. The quantitative estimate of drug-likeness (QED) is 0.792. The summed E-state index contributed by atoms with van der Waals surface area (Å²) < 4.78 is 43.5. The Morgan fingerprint density at radius 3 is 2.29 bits per heavy atom. The van der Waals surface area contributed by atoms with Crippen molar-refractivity contribution in [2.45, 2.75) is 26.6 Å². The maximum atomic E-state index is 12.9. The lowest BCUT2D eigenvalue weighted by Gasteiger charge is -2.13. The number of nitrogens with one attached hydrogen (secondary N) is 1. The smallest absolute Gasteiger partial charge is 0.410 e. The second kappa shape index (κ2) is 11.3. The molecule has 6 nitrogen and oxygen atoms in total. The van der Waals surface area contributed by atoms with Crippen LogP contribution in [0.15, 0.2) is 42.6 Å². The van der Waals surface area contributed by atoms with E-state index in [1.165, 1.54) is 12.1 Å². The molecule has 9 heteroatoms. The molecule has 3 N–H and O–H groups in total. The summed E-state index contributed by atoms with van der Waals surface area (Å²) in [5.41, 5.74) is 3.80. The van der Waals surface area contributed by atoms with Gasteiger partial charge in [0, 0.05) is 6.54 Å². The zero-order chi connectivity index (χ0) is 21.2. The van der Waals surface area contributed by atoms with Gasteiger partial charge in [0.1, 0.15) is 5.75 Å². The summed E-state index contributed by atoms with van der Waals surface area (Å²) >= 11 is 0. The summed E-state index contributed by atoms with van der Waals surface area (Å²) in [6.07, 6.45) is -4.44. The number of benzene rings is 1. The molecule has 1 heterocycles. The molecule has 2 rings (SSSR count). The van der Waals surface area contributed by atoms with Gasteiger partial charge in [-0.05, 0) is 38.3 Å². The first-order chi connectivity index (χ1) is 13.2. The van der Waals surface area contributed by atoms with Gasteiger partial charge in [0.05, 0.1) is 23.1 Å². The highest BCUT2D eigenvalue weighted by atomic mass is 19.4. The molecule has 0 aliphatic heterocycles. The molecule has 2 aromatic rings. The second-order valence-corrected chi connectivity index (χ2v) is 5.74. The SMILES string of the molecule is CCN(C)CC.NCc1ncc(NC(=O)Oc2ccccc2)cc1C(F)(F)F. The van der Waals surface area contributed by atoms with Gasteiger partial charge >= 0.3 is 12.3 Å². The molecule has 0 fully saturated rings. The summed E-state index contributed by atoms with van der Waals surface area (Å²) in [5, 5.41) is 2.19. The zero-order valence-corrected chi connectivity index (χ0v) is 16.1. The van der Waals surface area contributed by atoms with Gasteiger partial charge in [0.25, 0.3) is 0 Å². The Labute approximate surface area is 162 Å². The van der Waals surface area contributed by atoms with E-state index in [1.807, 2.05) is 0 Å². The Morgan fingerprint density at radius 1 is 1.21 bits per heavy atom. The molecule has 1 aromatic carbocycles. The van der Waals surface area contributed by atoms with Gasteiger partial charge < -0.3 is 15.4 Å². The first-order valence-corrected chi connectivity index (χ1v) is 8.69. The molecule has 0 radical (unpaired) electrons. The highest BCUT2D eigenvalue weighted by molar-refractivity contribution is 5.86. The molecule has 0 bridgehead atoms. The van der Waals surface area contributed by atoms with Crippen molar-refractivity contribution >= 4 is 11.8 Å². The number of ether oxygens (including phenoxy) is 1. The molecule has 0 aliphatic carbocycles. The molecule has 0 aliphatic rings. The molecular formula is C19H25F3N4O2. The predicted octanol–water partition coefficient (Wildman–Crippen LogP) is 4.13. The van der Waals surface area contributed by atoms with Crippen LogP contribution < -0.4 is 15.8 Å². The number of hydrogen-bond donors (Lipinski definition) is 2. The lowest BCUT2D eigenvalue weighted by molar-refractivity contribution is -0.138. The summed E-state index contributed by atoms with van der Waals surface area (Å²) in [7, 11) is 2.11. The molecular weight excluding hydrogens is 373 g/mol. The van der Waals surface area contributed by atoms with Crippen LogP contribution in [0.2, 0.25) is 0 Å². The van der Waals surface area contributed by atoms with Crippen molar-refractivity contribution in [1.82, 2.24) is 9.88 Å². The lowest BCUT2D eigenvalue weighted by atomic mass is 10.1. The number of halogens is 3. The number of nitrogens with zero attached hydrogens (tertiary/aromatic N) is 2. The Kier molecular flexibility index (Phi) is 9.40. The van der Waals surface area contributed by atoms with Crippen LogP contribution >= 0.6 is 0 Å². The van der Waals surface area contributed by atoms with Gasteiger partial charge in [0.2, 0.25) is 0 Å². The van der Waals surface area contributed by atoms with E-state index in [-0.39, 0.29) is 23.7 Å². The van der Waals surface area contributed by atoms with E-state index in [1.54, 1.807) is 18.2 Å². The summed E-state index contributed by atoms with van der Waals surface area (Å²) in [6.45, 7) is 6.28. The molecule has 0 atom stereocenters. The maximum Gasteiger partial charge on any atom is 0.418 e. The van der Waals surface area contributed by atoms with Gasteiger partial charge in [-0.3, -0.25) is 10.3 Å². The van der Waals surface area contributed by atoms with Crippen LogP contribution in [-0.4, -0.2) is 36.1 Å². The van der Waals surface area contributed by atoms with Gasteiger partial charge in [-0.15, -0.1) is 0 Å². The number of carbonyl (C=O) groups is 1. The molecule has 0 unspecified atom stereocenters. The Hall–Kier alpha value is -2.65. The Bertz CT molecular complexity index is 736. The van der Waals surface area contributed by atoms with Crippen molar-refractivity contribution in [3.05, 3.63) is 53.9 Å². The fourth-order valence-corrected chi connectivity index (χ4v) is 1.93. The van der Waals surface area contributed by atoms with Crippen LogP contribution in [0.4, 0.5) is 23.7 Å². The molecule has 1 amide bonds. The van der Waals surface area contributed by atoms with E-state index in [9.17, 15) is 18.0 Å². The van der Waals surface area contributed by atoms with Crippen LogP contribution in [-0.2, 0) is 12.7 Å². The van der Waals surface area contributed by atoms with Crippen molar-refractivity contribution < 1.29 is 22.7 Å². The number of nitrogens with two attached hydrogens (primary N) is 1. The third-order valence-electron chi connectivity index (χ3n) is 3.75. The first-order valence-electron chi connectivity index (χ1n) is 8.69. The monoisotopic (exact) mass is 398 g/mol. The van der Waals surface area contributed by atoms with E-state index in [0.29, 0.717) is 0 Å². The standard InChI is InChI=1S/C14H12F3N3O2.C5H13N/c15-14(16,17)11-6-9(8-19-12(11)7-18)20-13(21)22-10-4-2-1-3-5-10;1-4-6(3)5-2/h1-6,8H,7,18H2,(H,20,21);4-5H2,1-3H3. The number of rotatable bonds is 5. The number of hydrogen-bond acceptors (Lipinski definition) is 5. The van der Waals surface area contributed by atoms with Crippen LogP contribution in [0.5, 0.6) is 5.75 Å². The van der Waals surface area contributed by atoms with Crippen molar-refractivity contribution in [2.24, 2.45) is 5.73 Å². The maximum absolute atomic E-state index is 12.9. The number of carbonyl (C=O) groups excluding carboxylic acids is 1. The van der Waals surface area contributed by atoms with Gasteiger partial charge in [-0.25, -0.2) is 4.79 Å². The molecule has 1 aromatic heterocycles. The number of anilines is 1. The number of aromatic nitrogens is 1. The summed E-state index contributed by atoms with van der Waals surface area (Å²) in [4.78, 5) is 17.5. The Morgan fingerprint density at radius 2 is 1.82 bits per heavy atom. The third-order valence-corrected chi connectivity index (χ3v) is 3.75. The second-order valence-electron chi connectivity index (χ2n) is 5.74. The fraction of sp³-hybridized carbons (Fsp3) is 0.368. The highest BCUT2D eigenvalue weighted by Gasteiger charge is 2.34. The van der Waals surface area contributed by atoms with Gasteiger partial charge in [0.15, 0.2) is 0 Å². The molecule has 0 spiro atoms. The zero-order valence-electron chi connectivity index (χ0n) is 16.1. The van der Waals surface area contributed by atoms with Gasteiger partial charge in [-0.2, -0.15) is 13.2 Å². The highest BCUT2D eigenvalue weighted by Crippen LogP contribution is 2.32. The first kappa shape index (κ1) is 23.4. The topological polar surface area (TPSA) is 80.5 Å². The largest absolute Gasteiger partial charge is 0.418 e. The van der Waals surface area contributed by atoms with Crippen molar-refractivity contribution in [1.29, 1.82) is 0 Å². The van der Waals surface area contributed by atoms with Crippen molar-refractivity contribution in [3.8, 4) is 5.75 Å². The van der Waals surface area contributed by atoms with Gasteiger partial charge in [-0.1, -0.05) is 32.0 Å². The minimum absolute atomic E-state index is 0.134. The summed E-state index contributed by atoms with van der Waals surface area (Å²) in [6, 6.07) is 8.88. The number of alkyl halides is 3. The van der Waals surface area contributed by atoms with E-state index >= 15 is 0 Å². The molecule has 154 valence electrons. The van der Waals surface area contributed by atoms with Crippen molar-refractivity contribution in [2.75, 3.05) is 25.5 Å². The van der Waals surface area contributed by atoms with E-state index in [0.717, 1.165) is 25.4 Å². The summed E-state index contributed by atoms with van der Waals surface area (Å²) in [5.74, 6) is 0.266. The van der Waals surface area contributed by atoms with Crippen molar-refractivity contribution in [3.63, 3.8) is 0 Å². The fourth-order valence-electron chi connectivity index (χ4n) is 1.93. The van der Waals surface area contributed by atoms with Crippen LogP contribution in [0, 0.1) is 0 Å². The average Bonchev–Trinajstić information content (AvgIpc) is 2.67. The number of amides is 1. The van der Waals surface area contributed by atoms with Crippen LogP contribution in [0.1, 0.15) is 25.1 Å². The number of pyridine rings is 1. The Balaban J connectivity index is 0.000000568. The third kappa shape index (κ3) is 7.93. The van der Waals surface area contributed by atoms with Crippen LogP contribution in [0.25, 0.3) is 0 Å². The van der Waals surface area contributed by atoms with E-state index < -0.39 is 17.8 Å². The molecule has 0 saturated heterocycles. The average molecular weight is 398 g/mol. The van der Waals surface area contributed by atoms with Crippen LogP contribution in [0.3, 0.4) is 0 Å². The lowest BCUT2D eigenvalue weighted by Crippen LogP contribution is -2.19. The normalized spacial score (nSPS) is 10.9. The predicted molar refractivity (Wildman–Crippen MR) is 102 cm³/mol. The number of para-hydroxylation sites is 1. The minimum Gasteiger partial charge on any atom is -0.410 e. The van der Waals surface area contributed by atoms with E-state index in [2.05, 4.69) is 36.1 Å².